The zero-order valence-electron chi connectivity index (χ0n) is 22.8. The summed E-state index contributed by atoms with van der Waals surface area (Å²) in [6.07, 6.45) is 2.49. The van der Waals surface area contributed by atoms with Crippen molar-refractivity contribution in [1.82, 2.24) is 14.2 Å². The van der Waals surface area contributed by atoms with Gasteiger partial charge in [0.1, 0.15) is 11.3 Å². The number of aromatic nitrogens is 1. The first-order valence-electron chi connectivity index (χ1n) is 12.8. The van der Waals surface area contributed by atoms with E-state index in [9.17, 15) is 13.2 Å². The van der Waals surface area contributed by atoms with Crippen molar-refractivity contribution in [2.75, 3.05) is 51.8 Å². The van der Waals surface area contributed by atoms with Crippen LogP contribution in [0.2, 0.25) is 0 Å². The molecule has 0 atom stereocenters. The Labute approximate surface area is 237 Å². The molecule has 1 heterocycles. The van der Waals surface area contributed by atoms with Crippen LogP contribution < -0.4 is 9.64 Å². The molecule has 8 nitrogen and oxygen atoms in total. The zero-order valence-corrected chi connectivity index (χ0v) is 25.3. The molecule has 11 heteroatoms. The summed E-state index contributed by atoms with van der Waals surface area (Å²) in [6, 6.07) is 12.0. The van der Waals surface area contributed by atoms with Crippen LogP contribution >= 0.6 is 23.7 Å². The molecular weight excluding hydrogens is 544 g/mol. The summed E-state index contributed by atoms with van der Waals surface area (Å²) in [4.78, 5) is 22.4. The Bertz CT molecular complexity index is 1280. The zero-order chi connectivity index (χ0) is 27.0. The van der Waals surface area contributed by atoms with Crippen LogP contribution in [0.4, 0.5) is 5.13 Å². The van der Waals surface area contributed by atoms with Crippen molar-refractivity contribution in [1.29, 1.82) is 0 Å². The second kappa shape index (κ2) is 14.8. The first-order valence-corrected chi connectivity index (χ1v) is 15.1. The number of rotatable bonds is 14. The summed E-state index contributed by atoms with van der Waals surface area (Å²) < 4.78 is 34.4. The third-order valence-corrected chi connectivity index (χ3v) is 9.02. The number of para-hydroxylation sites is 1. The van der Waals surface area contributed by atoms with Gasteiger partial charge in [0, 0.05) is 25.2 Å². The van der Waals surface area contributed by atoms with E-state index in [0.29, 0.717) is 42.7 Å². The van der Waals surface area contributed by atoms with Gasteiger partial charge in [-0.1, -0.05) is 37.7 Å². The number of unbranched alkanes of at least 4 members (excludes halogenated alkanes) is 1. The van der Waals surface area contributed by atoms with Gasteiger partial charge in [-0.15, -0.1) is 12.4 Å². The number of carbonyl (C=O) groups is 1. The molecule has 0 saturated heterocycles. The maximum absolute atomic E-state index is 13.7. The number of halogens is 1. The predicted molar refractivity (Wildman–Crippen MR) is 159 cm³/mol. The smallest absolute Gasteiger partial charge is 0.260 e. The lowest BCUT2D eigenvalue weighted by Gasteiger charge is -2.22. The number of anilines is 1. The molecule has 210 valence electrons. The minimum absolute atomic E-state index is 0. The van der Waals surface area contributed by atoms with E-state index in [1.165, 1.54) is 27.8 Å². The number of thiazole rings is 1. The van der Waals surface area contributed by atoms with Crippen LogP contribution in [0.1, 0.15) is 50.4 Å². The number of nitrogens with zero attached hydrogens (tertiary/aromatic N) is 4. The number of fused-ring (bicyclic) bond motifs is 1. The molecule has 1 amide bonds. The fraction of sp³-hybridized carbons (Fsp3) is 0.481. The molecule has 38 heavy (non-hydrogen) atoms. The maximum atomic E-state index is 13.7. The fourth-order valence-electron chi connectivity index (χ4n) is 3.99. The van der Waals surface area contributed by atoms with Gasteiger partial charge in [0.05, 0.1) is 16.2 Å². The lowest BCUT2D eigenvalue weighted by atomic mass is 10.2. The monoisotopic (exact) mass is 582 g/mol. The molecule has 0 aliphatic rings. The van der Waals surface area contributed by atoms with Crippen molar-refractivity contribution in [2.45, 2.75) is 44.9 Å². The standard InChI is InChI=1S/C27H38N4O4S2.ClH/c1-6-9-19-30(7-2)37(33,34)22-16-14-21(15-17-22)26(32)31(20-11-18-29(4)5)27-28-25-23(35-8-3)12-10-13-24(25)36-27;/h10,12-17H,6-9,11,18-20H2,1-5H3;1H. The van der Waals surface area contributed by atoms with Crippen molar-refractivity contribution in [3.05, 3.63) is 48.0 Å². The van der Waals surface area contributed by atoms with Gasteiger partial charge >= 0.3 is 0 Å². The Morgan fingerprint density at radius 3 is 2.29 bits per heavy atom. The van der Waals surface area contributed by atoms with E-state index in [-0.39, 0.29) is 23.2 Å². The molecule has 3 rings (SSSR count). The number of benzene rings is 2. The van der Waals surface area contributed by atoms with Crippen LogP contribution in [0.25, 0.3) is 10.2 Å². The van der Waals surface area contributed by atoms with Crippen molar-refractivity contribution in [3.8, 4) is 5.75 Å². The topological polar surface area (TPSA) is 83.1 Å². The quantitative estimate of drug-likeness (QED) is 0.249. The van der Waals surface area contributed by atoms with E-state index in [4.69, 9.17) is 9.72 Å². The van der Waals surface area contributed by atoms with Crippen LogP contribution in [0.5, 0.6) is 5.75 Å². The molecule has 0 unspecified atom stereocenters. The molecule has 0 aliphatic carbocycles. The number of ether oxygens (including phenoxy) is 1. The van der Waals surface area contributed by atoms with Crippen molar-refractivity contribution in [3.63, 3.8) is 0 Å². The second-order valence-electron chi connectivity index (χ2n) is 9.02. The molecule has 0 radical (unpaired) electrons. The van der Waals surface area contributed by atoms with Gasteiger partial charge in [-0.25, -0.2) is 13.4 Å². The fourth-order valence-corrected chi connectivity index (χ4v) is 6.48. The normalized spacial score (nSPS) is 11.7. The van der Waals surface area contributed by atoms with E-state index in [1.807, 2.05) is 53.1 Å². The lowest BCUT2D eigenvalue weighted by Crippen LogP contribution is -2.34. The first kappa shape index (κ1) is 32.0. The molecule has 3 aromatic rings. The van der Waals surface area contributed by atoms with E-state index in [2.05, 4.69) is 4.90 Å². The largest absolute Gasteiger partial charge is 0.492 e. The van der Waals surface area contributed by atoms with Crippen LogP contribution in [0.15, 0.2) is 47.4 Å². The molecule has 0 fully saturated rings. The van der Waals surface area contributed by atoms with Crippen LogP contribution in [-0.4, -0.2) is 75.4 Å². The van der Waals surface area contributed by atoms with Gasteiger partial charge < -0.3 is 9.64 Å². The summed E-state index contributed by atoms with van der Waals surface area (Å²) >= 11 is 1.45. The second-order valence-corrected chi connectivity index (χ2v) is 12.0. The molecule has 0 spiro atoms. The van der Waals surface area contributed by atoms with Crippen LogP contribution in [0, 0.1) is 0 Å². The molecule has 2 aromatic carbocycles. The molecule has 0 saturated carbocycles. The van der Waals surface area contributed by atoms with Gasteiger partial charge in [0.25, 0.3) is 5.91 Å². The Kier molecular flexibility index (Phi) is 12.4. The van der Waals surface area contributed by atoms with E-state index < -0.39 is 10.0 Å². The minimum Gasteiger partial charge on any atom is -0.492 e. The highest BCUT2D eigenvalue weighted by molar-refractivity contribution is 7.89. The number of hydrogen-bond acceptors (Lipinski definition) is 7. The highest BCUT2D eigenvalue weighted by Crippen LogP contribution is 2.35. The Hall–Kier alpha value is -2.24. The summed E-state index contributed by atoms with van der Waals surface area (Å²) in [5.41, 5.74) is 1.16. The predicted octanol–water partition coefficient (Wildman–Crippen LogP) is 5.53. The molecule has 1 aromatic heterocycles. The van der Waals surface area contributed by atoms with Crippen LogP contribution in [0.3, 0.4) is 0 Å². The number of carbonyl (C=O) groups excluding carboxylic acids is 1. The molecule has 0 bridgehead atoms. The SMILES string of the molecule is CCCCN(CC)S(=O)(=O)c1ccc(C(=O)N(CCCN(C)C)c2nc3c(OCC)cccc3s2)cc1.Cl. The van der Waals surface area contributed by atoms with Crippen molar-refractivity contribution in [2.24, 2.45) is 0 Å². The Balaban J connectivity index is 0.00000507. The van der Waals surface area contributed by atoms with Gasteiger partial charge in [-0.05, 0) is 76.8 Å². The number of hydrogen-bond donors (Lipinski definition) is 0. The molecule has 0 aliphatic heterocycles. The van der Waals surface area contributed by atoms with Crippen LogP contribution in [-0.2, 0) is 10.0 Å². The van der Waals surface area contributed by atoms with Crippen molar-refractivity contribution >= 4 is 55.0 Å². The van der Waals surface area contributed by atoms with Gasteiger partial charge in [0.2, 0.25) is 10.0 Å². The average molecular weight is 583 g/mol. The van der Waals surface area contributed by atoms with Gasteiger partial charge in [-0.3, -0.25) is 9.69 Å². The highest BCUT2D eigenvalue weighted by atomic mass is 35.5. The third-order valence-electron chi connectivity index (χ3n) is 5.99. The summed E-state index contributed by atoms with van der Waals surface area (Å²) in [5.74, 6) is 0.486. The van der Waals surface area contributed by atoms with Crippen molar-refractivity contribution < 1.29 is 17.9 Å². The number of sulfonamides is 1. The first-order chi connectivity index (χ1) is 17.7. The Morgan fingerprint density at radius 1 is 0.974 bits per heavy atom. The maximum Gasteiger partial charge on any atom is 0.260 e. The van der Waals surface area contributed by atoms with Gasteiger partial charge in [0.15, 0.2) is 5.13 Å². The van der Waals surface area contributed by atoms with E-state index in [0.717, 1.165) is 36.0 Å². The third kappa shape index (κ3) is 7.66. The van der Waals surface area contributed by atoms with E-state index in [1.54, 1.807) is 17.0 Å². The average Bonchev–Trinajstić information content (AvgIpc) is 3.31. The minimum atomic E-state index is -3.61. The summed E-state index contributed by atoms with van der Waals surface area (Å²) in [5, 5.41) is 0.597. The number of amides is 1. The molecular formula is C27H39ClN4O4S2. The molecule has 0 N–H and O–H groups in total. The highest BCUT2D eigenvalue weighted by Gasteiger charge is 2.25. The summed E-state index contributed by atoms with van der Waals surface area (Å²) in [7, 11) is 0.384. The lowest BCUT2D eigenvalue weighted by molar-refractivity contribution is 0.0986. The van der Waals surface area contributed by atoms with E-state index >= 15 is 0 Å². The summed E-state index contributed by atoms with van der Waals surface area (Å²) in [6.45, 7) is 8.53. The Morgan fingerprint density at radius 2 is 1.68 bits per heavy atom. The van der Waals surface area contributed by atoms with Gasteiger partial charge in [-0.2, -0.15) is 4.31 Å².